The number of aliphatic carboxylic acids is 2. The van der Waals surface area contributed by atoms with Crippen LogP contribution in [0.4, 0.5) is 0 Å². The number of nitrogens with one attached hydrogen (secondary N) is 4. The first kappa shape index (κ1) is 30.5. The molecule has 1 aromatic heterocycles. The fraction of sp³-hybridized carbons (Fsp3) is 0.550. The molecule has 1 heterocycles. The highest BCUT2D eigenvalue weighted by atomic mass is 32.2. The zero-order valence-electron chi connectivity index (χ0n) is 19.4. The van der Waals surface area contributed by atoms with E-state index in [9.17, 15) is 28.8 Å². The summed E-state index contributed by atoms with van der Waals surface area (Å²) in [4.78, 5) is 78.1. The summed E-state index contributed by atoms with van der Waals surface area (Å²) in [6.45, 7) is -0.418. The molecule has 0 aliphatic rings. The van der Waals surface area contributed by atoms with E-state index in [1.807, 2.05) is 0 Å². The van der Waals surface area contributed by atoms with Crippen LogP contribution in [0.2, 0.25) is 0 Å². The summed E-state index contributed by atoms with van der Waals surface area (Å²) in [5.74, 6) is -4.84. The number of thioether (sulfide) groups is 1. The van der Waals surface area contributed by atoms with Crippen molar-refractivity contribution in [2.45, 2.75) is 50.2 Å². The summed E-state index contributed by atoms with van der Waals surface area (Å²) in [6.07, 6.45) is 3.02. The zero-order chi connectivity index (χ0) is 27.1. The van der Waals surface area contributed by atoms with Crippen molar-refractivity contribution in [1.29, 1.82) is 0 Å². The van der Waals surface area contributed by atoms with Crippen molar-refractivity contribution < 1.29 is 39.0 Å². The number of imidazole rings is 1. The molecule has 0 radical (unpaired) electrons. The molecule has 200 valence electrons. The van der Waals surface area contributed by atoms with Crippen LogP contribution < -0.4 is 27.4 Å². The Balaban J connectivity index is 2.86. The van der Waals surface area contributed by atoms with Gasteiger partial charge in [0.25, 0.3) is 0 Å². The summed E-state index contributed by atoms with van der Waals surface area (Å²) in [6, 6.07) is -3.57. The van der Waals surface area contributed by atoms with Crippen LogP contribution >= 0.6 is 11.8 Å². The molecule has 0 spiro atoms. The first-order valence-electron chi connectivity index (χ1n) is 10.9. The van der Waals surface area contributed by atoms with Crippen LogP contribution in [-0.4, -0.2) is 91.9 Å². The normalized spacial score (nSPS) is 13.2. The number of aromatic amines is 1. The SMILES string of the molecule is NCCCC(=O)N[C@@H](Cc1cnc[nH]1)C(=O)SCC(NC(=O)CCC(N)C(=O)O)C(=O)NCC(=O)O. The third-order valence-corrected chi connectivity index (χ3v) is 5.73. The van der Waals surface area contributed by atoms with Gasteiger partial charge in [-0.25, -0.2) is 4.98 Å². The van der Waals surface area contributed by atoms with Crippen molar-refractivity contribution in [3.05, 3.63) is 18.2 Å². The Morgan fingerprint density at radius 1 is 1.06 bits per heavy atom. The number of aromatic nitrogens is 2. The highest BCUT2D eigenvalue weighted by Crippen LogP contribution is 2.13. The third-order valence-electron chi connectivity index (χ3n) is 4.66. The third kappa shape index (κ3) is 12.3. The van der Waals surface area contributed by atoms with E-state index < -0.39 is 59.4 Å². The summed E-state index contributed by atoms with van der Waals surface area (Å²) >= 11 is 0.660. The molecule has 1 rings (SSSR count). The van der Waals surface area contributed by atoms with Crippen LogP contribution in [0.15, 0.2) is 12.5 Å². The van der Waals surface area contributed by atoms with Crippen molar-refractivity contribution >= 4 is 46.5 Å². The number of H-pyrrole nitrogens is 1. The van der Waals surface area contributed by atoms with Crippen LogP contribution in [0, 0.1) is 0 Å². The molecule has 0 fully saturated rings. The molecule has 16 heteroatoms. The van der Waals surface area contributed by atoms with Crippen molar-refractivity contribution in [1.82, 2.24) is 25.9 Å². The van der Waals surface area contributed by atoms with Gasteiger partial charge in [0.05, 0.1) is 6.33 Å². The van der Waals surface area contributed by atoms with E-state index in [0.29, 0.717) is 30.4 Å². The van der Waals surface area contributed by atoms with E-state index in [1.165, 1.54) is 12.5 Å². The van der Waals surface area contributed by atoms with Crippen molar-refractivity contribution in [2.75, 3.05) is 18.8 Å². The van der Waals surface area contributed by atoms with Crippen LogP contribution in [0.1, 0.15) is 31.4 Å². The van der Waals surface area contributed by atoms with Crippen LogP contribution in [0.5, 0.6) is 0 Å². The molecule has 36 heavy (non-hydrogen) atoms. The fourth-order valence-electron chi connectivity index (χ4n) is 2.75. The number of rotatable bonds is 17. The molecule has 0 aliphatic carbocycles. The fourth-order valence-corrected chi connectivity index (χ4v) is 3.66. The Morgan fingerprint density at radius 2 is 1.72 bits per heavy atom. The maximum atomic E-state index is 12.9. The predicted molar refractivity (Wildman–Crippen MR) is 127 cm³/mol. The molecule has 0 saturated heterocycles. The van der Waals surface area contributed by atoms with Crippen LogP contribution in [0.3, 0.4) is 0 Å². The number of amides is 3. The van der Waals surface area contributed by atoms with E-state index in [-0.39, 0.29) is 31.4 Å². The number of hydrogen-bond donors (Lipinski definition) is 8. The summed E-state index contributed by atoms with van der Waals surface area (Å²) in [5.41, 5.74) is 11.4. The molecular formula is C20H31N7O8S. The molecule has 2 unspecified atom stereocenters. The van der Waals surface area contributed by atoms with Gasteiger partial charge >= 0.3 is 11.9 Å². The molecular weight excluding hydrogens is 498 g/mol. The molecule has 0 saturated carbocycles. The minimum atomic E-state index is -1.32. The quantitative estimate of drug-likeness (QED) is 0.103. The van der Waals surface area contributed by atoms with Gasteiger partial charge in [-0.2, -0.15) is 0 Å². The molecule has 3 amide bonds. The summed E-state index contributed by atoms with van der Waals surface area (Å²) in [5, 5.41) is 24.2. The predicted octanol–water partition coefficient (Wildman–Crippen LogP) is -2.69. The van der Waals surface area contributed by atoms with Crippen molar-refractivity contribution in [3.8, 4) is 0 Å². The van der Waals surface area contributed by atoms with E-state index in [4.69, 9.17) is 21.7 Å². The molecule has 10 N–H and O–H groups in total. The molecule has 0 aromatic carbocycles. The van der Waals surface area contributed by atoms with Gasteiger partial charge in [-0.3, -0.25) is 28.8 Å². The molecule has 3 atom stereocenters. The van der Waals surface area contributed by atoms with E-state index in [1.54, 1.807) is 0 Å². The van der Waals surface area contributed by atoms with Gasteiger partial charge in [-0.1, -0.05) is 11.8 Å². The second kappa shape index (κ2) is 16.2. The second-order valence-corrected chi connectivity index (χ2v) is 8.66. The first-order valence-corrected chi connectivity index (χ1v) is 11.9. The highest BCUT2D eigenvalue weighted by Gasteiger charge is 2.27. The largest absolute Gasteiger partial charge is 0.480 e. The Hall–Kier alpha value is -3.50. The lowest BCUT2D eigenvalue weighted by Gasteiger charge is -2.20. The van der Waals surface area contributed by atoms with Gasteiger partial charge in [0.1, 0.15) is 24.7 Å². The lowest BCUT2D eigenvalue weighted by molar-refractivity contribution is -0.139. The Bertz CT molecular complexity index is 912. The van der Waals surface area contributed by atoms with E-state index in [0.717, 1.165) is 0 Å². The van der Waals surface area contributed by atoms with Gasteiger partial charge < -0.3 is 42.6 Å². The number of hydrogen-bond acceptors (Lipinski definition) is 10. The van der Waals surface area contributed by atoms with Gasteiger partial charge in [0.2, 0.25) is 22.8 Å². The average molecular weight is 530 g/mol. The maximum absolute atomic E-state index is 12.9. The lowest BCUT2D eigenvalue weighted by atomic mass is 10.1. The standard InChI is InChI=1S/C20H31N7O8S/c21-5-1-2-15(28)26-13(6-11-7-23-10-25-11)20(35)36-9-14(18(32)24-8-17(30)31)27-16(29)4-3-12(22)19(33)34/h7,10,12-14H,1-6,8-9,21-22H2,(H,23,25)(H,24,32)(H,26,28)(H,27,29)(H,30,31)(H,33,34)/t12?,13-,14?/m0/s1. The molecule has 15 nitrogen and oxygen atoms in total. The van der Waals surface area contributed by atoms with Gasteiger partial charge in [-0.15, -0.1) is 0 Å². The number of carboxylic acid groups (broad SMARTS) is 2. The Labute approximate surface area is 210 Å². The van der Waals surface area contributed by atoms with E-state index in [2.05, 4.69) is 25.9 Å². The van der Waals surface area contributed by atoms with Gasteiger partial charge in [-0.05, 0) is 19.4 Å². The number of carboxylic acids is 2. The molecule has 0 aliphatic heterocycles. The number of carbonyl (C=O) groups is 6. The average Bonchev–Trinajstić information content (AvgIpc) is 3.34. The monoisotopic (exact) mass is 529 g/mol. The minimum Gasteiger partial charge on any atom is -0.480 e. The molecule has 1 aromatic rings. The number of nitrogens with two attached hydrogens (primary N) is 2. The number of nitrogens with zero attached hydrogens (tertiary/aromatic N) is 1. The maximum Gasteiger partial charge on any atom is 0.322 e. The first-order chi connectivity index (χ1) is 17.0. The second-order valence-electron chi connectivity index (χ2n) is 7.64. The van der Waals surface area contributed by atoms with Crippen LogP contribution in [0.25, 0.3) is 0 Å². The minimum absolute atomic E-state index is 0.0928. The Morgan fingerprint density at radius 3 is 2.31 bits per heavy atom. The van der Waals surface area contributed by atoms with Crippen molar-refractivity contribution in [2.24, 2.45) is 11.5 Å². The summed E-state index contributed by atoms with van der Waals surface area (Å²) < 4.78 is 0. The molecule has 0 bridgehead atoms. The zero-order valence-corrected chi connectivity index (χ0v) is 20.2. The lowest BCUT2D eigenvalue weighted by Crippen LogP contribution is -2.50. The van der Waals surface area contributed by atoms with Gasteiger partial charge in [0, 0.05) is 36.9 Å². The smallest absolute Gasteiger partial charge is 0.322 e. The van der Waals surface area contributed by atoms with E-state index >= 15 is 0 Å². The topological polar surface area (TPSA) is 260 Å². The van der Waals surface area contributed by atoms with Crippen LogP contribution in [-0.2, 0) is 35.2 Å². The van der Waals surface area contributed by atoms with Gasteiger partial charge in [0.15, 0.2) is 0 Å². The van der Waals surface area contributed by atoms with Crippen molar-refractivity contribution in [3.63, 3.8) is 0 Å². The highest BCUT2D eigenvalue weighted by molar-refractivity contribution is 8.13. The number of carbonyl (C=O) groups excluding carboxylic acids is 4. The summed E-state index contributed by atoms with van der Waals surface area (Å²) in [7, 11) is 0. The Kier molecular flexibility index (Phi) is 13.8.